The molecule has 1 nitrogen and oxygen atoms in total. The van der Waals surface area contributed by atoms with E-state index in [2.05, 4.69) is 13.8 Å². The molecule has 9 heavy (non-hydrogen) atoms. The monoisotopic (exact) mass is 132 g/mol. The molecule has 0 aliphatic rings. The van der Waals surface area contributed by atoms with E-state index < -0.39 is 0 Å². The smallest absolute Gasteiger partial charge is 0.0544 e. The molecule has 0 heterocycles. The first kappa shape index (κ1) is 11.7. The van der Waals surface area contributed by atoms with Crippen LogP contribution in [0, 0.1) is 0 Å². The maximum Gasteiger partial charge on any atom is 0.0544 e. The third-order valence-corrected chi connectivity index (χ3v) is 1.03. The minimum Gasteiger partial charge on any atom is -0.379 e. The van der Waals surface area contributed by atoms with Crippen LogP contribution < -0.4 is 0 Å². The molecule has 0 aromatic rings. The molecule has 0 rings (SSSR count). The van der Waals surface area contributed by atoms with Crippen molar-refractivity contribution in [2.24, 2.45) is 0 Å². The van der Waals surface area contributed by atoms with Crippen LogP contribution in [0.3, 0.4) is 0 Å². The van der Waals surface area contributed by atoms with Gasteiger partial charge in [0.25, 0.3) is 0 Å². The molecule has 0 spiro atoms. The van der Waals surface area contributed by atoms with Crippen molar-refractivity contribution in [1.29, 1.82) is 0 Å². The van der Waals surface area contributed by atoms with Gasteiger partial charge < -0.3 is 4.74 Å². The highest BCUT2D eigenvalue weighted by atomic mass is 16.5. The summed E-state index contributed by atoms with van der Waals surface area (Å²) >= 11 is 0. The Bertz CT molecular complexity index is 35.5. The van der Waals surface area contributed by atoms with Crippen LogP contribution in [0.15, 0.2) is 0 Å². The fraction of sp³-hybridized carbons (Fsp3) is 1.00. The standard InChI is InChI=1S/C6H14O.C2H6/c1-4-6(3)7-5-2;1-2/h6H,4-5H2,1-3H3;1-2H3. The second-order valence-corrected chi connectivity index (χ2v) is 1.67. The van der Waals surface area contributed by atoms with E-state index in [4.69, 9.17) is 4.74 Å². The predicted molar refractivity (Wildman–Crippen MR) is 42.7 cm³/mol. The van der Waals surface area contributed by atoms with Crippen LogP contribution in [0.25, 0.3) is 0 Å². The Labute approximate surface area is 59.4 Å². The van der Waals surface area contributed by atoms with Crippen LogP contribution in [0.2, 0.25) is 0 Å². The topological polar surface area (TPSA) is 9.23 Å². The summed E-state index contributed by atoms with van der Waals surface area (Å²) in [6.07, 6.45) is 1.57. The molecule has 0 aromatic heterocycles. The minimum absolute atomic E-state index is 0.449. The van der Waals surface area contributed by atoms with Crippen LogP contribution in [-0.2, 0) is 4.74 Å². The highest BCUT2D eigenvalue weighted by molar-refractivity contribution is 4.40. The van der Waals surface area contributed by atoms with E-state index in [1.54, 1.807) is 0 Å². The van der Waals surface area contributed by atoms with Gasteiger partial charge in [-0.3, -0.25) is 0 Å². The molecule has 1 heteroatoms. The molecule has 0 bridgehead atoms. The van der Waals surface area contributed by atoms with Gasteiger partial charge in [0, 0.05) is 6.61 Å². The van der Waals surface area contributed by atoms with E-state index in [1.165, 1.54) is 0 Å². The first-order chi connectivity index (χ1) is 4.31. The molecule has 0 amide bonds. The Morgan fingerprint density at radius 3 is 1.78 bits per heavy atom. The molecule has 0 saturated carbocycles. The number of rotatable bonds is 3. The quantitative estimate of drug-likeness (QED) is 0.573. The van der Waals surface area contributed by atoms with Crippen molar-refractivity contribution < 1.29 is 4.74 Å². The molecular formula is C8H20O. The molecule has 0 saturated heterocycles. The van der Waals surface area contributed by atoms with Gasteiger partial charge in [-0.2, -0.15) is 0 Å². The molecule has 0 aliphatic carbocycles. The summed E-state index contributed by atoms with van der Waals surface area (Å²) in [6.45, 7) is 11.1. The fourth-order valence-corrected chi connectivity index (χ4v) is 0.402. The Balaban J connectivity index is 0. The van der Waals surface area contributed by atoms with Crippen LogP contribution in [0.4, 0.5) is 0 Å². The van der Waals surface area contributed by atoms with Crippen LogP contribution >= 0.6 is 0 Å². The summed E-state index contributed by atoms with van der Waals surface area (Å²) in [5.41, 5.74) is 0. The summed E-state index contributed by atoms with van der Waals surface area (Å²) < 4.78 is 5.19. The van der Waals surface area contributed by atoms with Crippen molar-refractivity contribution in [1.82, 2.24) is 0 Å². The Hall–Kier alpha value is -0.0400. The van der Waals surface area contributed by atoms with Crippen LogP contribution in [-0.4, -0.2) is 12.7 Å². The summed E-state index contributed by atoms with van der Waals surface area (Å²) in [5, 5.41) is 0. The van der Waals surface area contributed by atoms with Gasteiger partial charge in [0.15, 0.2) is 0 Å². The van der Waals surface area contributed by atoms with Crippen LogP contribution in [0.1, 0.15) is 41.0 Å². The van der Waals surface area contributed by atoms with Crippen molar-refractivity contribution in [3.8, 4) is 0 Å². The van der Waals surface area contributed by atoms with Gasteiger partial charge >= 0.3 is 0 Å². The average Bonchev–Trinajstić information content (AvgIpc) is 1.93. The molecule has 0 aliphatic heterocycles. The van der Waals surface area contributed by atoms with Gasteiger partial charge in [0.2, 0.25) is 0 Å². The molecule has 1 atom stereocenters. The lowest BCUT2D eigenvalue weighted by Gasteiger charge is -2.05. The molecule has 0 radical (unpaired) electrons. The molecule has 0 N–H and O–H groups in total. The Morgan fingerprint density at radius 2 is 1.67 bits per heavy atom. The molecular weight excluding hydrogens is 112 g/mol. The van der Waals surface area contributed by atoms with E-state index in [0.29, 0.717) is 6.10 Å². The largest absolute Gasteiger partial charge is 0.379 e. The van der Waals surface area contributed by atoms with Gasteiger partial charge in [-0.25, -0.2) is 0 Å². The van der Waals surface area contributed by atoms with Gasteiger partial charge in [-0.05, 0) is 20.3 Å². The van der Waals surface area contributed by atoms with E-state index in [9.17, 15) is 0 Å². The second-order valence-electron chi connectivity index (χ2n) is 1.67. The predicted octanol–water partition coefficient (Wildman–Crippen LogP) is 2.85. The minimum atomic E-state index is 0.449. The van der Waals surface area contributed by atoms with Crippen molar-refractivity contribution in [3.63, 3.8) is 0 Å². The second kappa shape index (κ2) is 10.9. The van der Waals surface area contributed by atoms with Gasteiger partial charge in [0.1, 0.15) is 0 Å². The average molecular weight is 132 g/mol. The Morgan fingerprint density at radius 1 is 1.22 bits per heavy atom. The summed E-state index contributed by atoms with van der Waals surface area (Å²) in [7, 11) is 0. The summed E-state index contributed by atoms with van der Waals surface area (Å²) in [5.74, 6) is 0. The maximum atomic E-state index is 5.19. The lowest BCUT2D eigenvalue weighted by molar-refractivity contribution is 0.0739. The molecule has 58 valence electrons. The molecule has 1 unspecified atom stereocenters. The number of ether oxygens (including phenoxy) is 1. The third-order valence-electron chi connectivity index (χ3n) is 1.03. The van der Waals surface area contributed by atoms with Crippen molar-refractivity contribution in [2.75, 3.05) is 6.61 Å². The first-order valence-corrected chi connectivity index (χ1v) is 3.92. The first-order valence-electron chi connectivity index (χ1n) is 3.92. The zero-order valence-electron chi connectivity index (χ0n) is 7.40. The summed E-state index contributed by atoms with van der Waals surface area (Å²) in [4.78, 5) is 0. The van der Waals surface area contributed by atoms with E-state index in [0.717, 1.165) is 13.0 Å². The van der Waals surface area contributed by atoms with Gasteiger partial charge in [-0.1, -0.05) is 20.8 Å². The van der Waals surface area contributed by atoms with Crippen molar-refractivity contribution >= 4 is 0 Å². The van der Waals surface area contributed by atoms with Crippen molar-refractivity contribution in [3.05, 3.63) is 0 Å². The zero-order chi connectivity index (χ0) is 7.70. The highest BCUT2D eigenvalue weighted by Crippen LogP contribution is 1.92. The maximum absolute atomic E-state index is 5.19. The number of hydrogen-bond acceptors (Lipinski definition) is 1. The van der Waals surface area contributed by atoms with Gasteiger partial charge in [-0.15, -0.1) is 0 Å². The Kier molecular flexibility index (Phi) is 14.1. The molecule has 0 aromatic carbocycles. The fourth-order valence-electron chi connectivity index (χ4n) is 0.402. The number of hydrogen-bond donors (Lipinski definition) is 0. The van der Waals surface area contributed by atoms with Crippen LogP contribution in [0.5, 0.6) is 0 Å². The molecule has 0 fully saturated rings. The normalized spacial score (nSPS) is 11.7. The third kappa shape index (κ3) is 11.5. The van der Waals surface area contributed by atoms with E-state index >= 15 is 0 Å². The zero-order valence-corrected chi connectivity index (χ0v) is 7.40. The lowest BCUT2D eigenvalue weighted by atomic mass is 10.3. The van der Waals surface area contributed by atoms with Gasteiger partial charge in [0.05, 0.1) is 6.10 Å². The summed E-state index contributed by atoms with van der Waals surface area (Å²) in [6, 6.07) is 0. The lowest BCUT2D eigenvalue weighted by Crippen LogP contribution is -2.04. The van der Waals surface area contributed by atoms with E-state index in [-0.39, 0.29) is 0 Å². The van der Waals surface area contributed by atoms with Crippen molar-refractivity contribution in [2.45, 2.75) is 47.1 Å². The van der Waals surface area contributed by atoms with E-state index in [1.807, 2.05) is 20.8 Å². The highest BCUT2D eigenvalue weighted by Gasteiger charge is 1.91. The SMILES string of the molecule is CC.CCOC(C)CC.